The summed E-state index contributed by atoms with van der Waals surface area (Å²) in [4.78, 5) is 23.8. The molecule has 0 saturated carbocycles. The maximum atomic E-state index is 10.6. The number of benzene rings is 1. The first-order valence-corrected chi connectivity index (χ1v) is 4.05. The third-order valence-electron chi connectivity index (χ3n) is 1.36. The molecule has 66 valence electrons. The maximum absolute atomic E-state index is 10.6. The van der Waals surface area contributed by atoms with Gasteiger partial charge in [0.15, 0.2) is 0 Å². The Labute approximate surface area is 82.0 Å². The number of hydrogen-bond acceptors (Lipinski definition) is 3. The summed E-state index contributed by atoms with van der Waals surface area (Å²) in [6.45, 7) is 0. The Morgan fingerprint density at radius 3 is 2.77 bits per heavy atom. The molecular formula is C8H4BrNO3. The molecule has 0 radical (unpaired) electrons. The third-order valence-corrected chi connectivity index (χ3v) is 1.85. The molecule has 1 aromatic rings. The Kier molecular flexibility index (Phi) is 2.95. The van der Waals surface area contributed by atoms with E-state index in [9.17, 15) is 9.59 Å². The van der Waals surface area contributed by atoms with Crippen molar-refractivity contribution in [3.63, 3.8) is 0 Å². The summed E-state index contributed by atoms with van der Waals surface area (Å²) in [5, 5.41) is 8.71. The van der Waals surface area contributed by atoms with Crippen LogP contribution in [0.2, 0.25) is 0 Å². The number of carboxylic acid groups (broad SMARTS) is 1. The molecule has 5 heteroatoms. The van der Waals surface area contributed by atoms with Crippen LogP contribution in [0.15, 0.2) is 27.7 Å². The summed E-state index contributed by atoms with van der Waals surface area (Å²) < 4.78 is 0.620. The molecule has 13 heavy (non-hydrogen) atoms. The summed E-state index contributed by atoms with van der Waals surface area (Å²) in [6, 6.07) is 4.40. The van der Waals surface area contributed by atoms with Crippen LogP contribution in [0.5, 0.6) is 0 Å². The summed E-state index contributed by atoms with van der Waals surface area (Å²) in [5.74, 6) is -1.13. The largest absolute Gasteiger partial charge is 0.478 e. The van der Waals surface area contributed by atoms with Gasteiger partial charge in [0.25, 0.3) is 0 Å². The Hall–Kier alpha value is -1.45. The van der Waals surface area contributed by atoms with Crippen molar-refractivity contribution in [1.29, 1.82) is 0 Å². The average Bonchev–Trinajstić information content (AvgIpc) is 2.08. The van der Waals surface area contributed by atoms with Crippen molar-refractivity contribution in [2.45, 2.75) is 0 Å². The van der Waals surface area contributed by atoms with E-state index in [0.29, 0.717) is 4.47 Å². The van der Waals surface area contributed by atoms with Crippen LogP contribution in [0, 0.1) is 0 Å². The molecule has 0 fully saturated rings. The van der Waals surface area contributed by atoms with E-state index in [0.717, 1.165) is 0 Å². The number of halogens is 1. The van der Waals surface area contributed by atoms with Crippen molar-refractivity contribution < 1.29 is 14.7 Å². The highest BCUT2D eigenvalue weighted by Crippen LogP contribution is 2.22. The Morgan fingerprint density at radius 2 is 2.23 bits per heavy atom. The van der Waals surface area contributed by atoms with Gasteiger partial charge in [0, 0.05) is 4.47 Å². The van der Waals surface area contributed by atoms with Gasteiger partial charge in [-0.2, -0.15) is 4.99 Å². The van der Waals surface area contributed by atoms with E-state index in [1.54, 1.807) is 6.07 Å². The summed E-state index contributed by atoms with van der Waals surface area (Å²) >= 11 is 3.11. The lowest BCUT2D eigenvalue weighted by molar-refractivity contribution is 0.0698. The number of carbonyl (C=O) groups is 1. The summed E-state index contributed by atoms with van der Waals surface area (Å²) in [6.07, 6.45) is 1.30. The molecule has 0 aliphatic heterocycles. The predicted molar refractivity (Wildman–Crippen MR) is 48.9 cm³/mol. The molecule has 0 atom stereocenters. The molecule has 0 saturated heterocycles. The van der Waals surface area contributed by atoms with E-state index >= 15 is 0 Å². The lowest BCUT2D eigenvalue weighted by atomic mass is 10.2. The van der Waals surface area contributed by atoms with Crippen molar-refractivity contribution in [3.8, 4) is 0 Å². The van der Waals surface area contributed by atoms with Crippen LogP contribution in [-0.4, -0.2) is 17.2 Å². The van der Waals surface area contributed by atoms with Gasteiger partial charge in [-0.05, 0) is 18.2 Å². The molecule has 1 rings (SSSR count). The highest BCUT2D eigenvalue weighted by atomic mass is 79.9. The second kappa shape index (κ2) is 3.98. The lowest BCUT2D eigenvalue weighted by Crippen LogP contribution is -1.96. The van der Waals surface area contributed by atoms with E-state index in [-0.39, 0.29) is 11.3 Å². The first kappa shape index (κ1) is 9.64. The molecule has 0 spiro atoms. The van der Waals surface area contributed by atoms with Gasteiger partial charge in [0.1, 0.15) is 0 Å². The van der Waals surface area contributed by atoms with Crippen molar-refractivity contribution in [2.75, 3.05) is 0 Å². The second-order valence-electron chi connectivity index (χ2n) is 2.17. The first-order chi connectivity index (χ1) is 6.15. The molecule has 1 aromatic carbocycles. The number of carbonyl (C=O) groups excluding carboxylic acids is 1. The number of aromatic carboxylic acids is 1. The van der Waals surface area contributed by atoms with Crippen LogP contribution in [-0.2, 0) is 4.79 Å². The standard InChI is InChI=1S/C8H4BrNO3/c9-5-1-2-7(10-4-11)6(3-5)8(12)13/h1-3H,(H,12,13). The van der Waals surface area contributed by atoms with Gasteiger partial charge in [-0.15, -0.1) is 0 Å². The smallest absolute Gasteiger partial charge is 0.337 e. The zero-order valence-corrected chi connectivity index (χ0v) is 7.91. The van der Waals surface area contributed by atoms with Crippen molar-refractivity contribution in [2.24, 2.45) is 4.99 Å². The van der Waals surface area contributed by atoms with Crippen LogP contribution >= 0.6 is 15.9 Å². The van der Waals surface area contributed by atoms with Gasteiger partial charge in [-0.25, -0.2) is 9.59 Å². The van der Waals surface area contributed by atoms with Crippen LogP contribution < -0.4 is 0 Å². The topological polar surface area (TPSA) is 66.7 Å². The van der Waals surface area contributed by atoms with E-state index < -0.39 is 5.97 Å². The highest BCUT2D eigenvalue weighted by molar-refractivity contribution is 9.10. The van der Waals surface area contributed by atoms with Gasteiger partial charge in [-0.3, -0.25) is 0 Å². The Bertz CT molecular complexity index is 396. The molecule has 0 unspecified atom stereocenters. The molecular weight excluding hydrogens is 238 g/mol. The summed E-state index contributed by atoms with van der Waals surface area (Å²) in [7, 11) is 0. The van der Waals surface area contributed by atoms with Crippen LogP contribution in [0.3, 0.4) is 0 Å². The fraction of sp³-hybridized carbons (Fsp3) is 0. The lowest BCUT2D eigenvalue weighted by Gasteiger charge is -1.98. The number of nitrogens with zero attached hydrogens (tertiary/aromatic N) is 1. The first-order valence-electron chi connectivity index (χ1n) is 3.26. The van der Waals surface area contributed by atoms with E-state index in [2.05, 4.69) is 20.9 Å². The predicted octanol–water partition coefficient (Wildman–Crippen LogP) is 2.11. The maximum Gasteiger partial charge on any atom is 0.337 e. The van der Waals surface area contributed by atoms with Crippen LogP contribution in [0.4, 0.5) is 5.69 Å². The van der Waals surface area contributed by atoms with Crippen molar-refractivity contribution >= 4 is 33.7 Å². The third kappa shape index (κ3) is 2.24. The average molecular weight is 242 g/mol. The highest BCUT2D eigenvalue weighted by Gasteiger charge is 2.09. The van der Waals surface area contributed by atoms with Crippen molar-refractivity contribution in [3.05, 3.63) is 28.2 Å². The van der Waals surface area contributed by atoms with Gasteiger partial charge in [0.2, 0.25) is 6.08 Å². The number of hydrogen-bond donors (Lipinski definition) is 1. The number of aliphatic imine (C=N–C) groups is 1. The second-order valence-corrected chi connectivity index (χ2v) is 3.09. The molecule has 0 heterocycles. The minimum atomic E-state index is -1.13. The Balaban J connectivity index is 3.34. The zero-order valence-electron chi connectivity index (χ0n) is 6.32. The van der Waals surface area contributed by atoms with Crippen LogP contribution in [0.25, 0.3) is 0 Å². The Morgan fingerprint density at radius 1 is 1.54 bits per heavy atom. The van der Waals surface area contributed by atoms with E-state index in [1.165, 1.54) is 18.2 Å². The van der Waals surface area contributed by atoms with Gasteiger partial charge in [0.05, 0.1) is 11.3 Å². The molecule has 4 nitrogen and oxygen atoms in total. The fourth-order valence-corrected chi connectivity index (χ4v) is 1.19. The molecule has 0 amide bonds. The van der Waals surface area contributed by atoms with E-state index in [1.807, 2.05) is 0 Å². The SMILES string of the molecule is O=C=Nc1ccc(Br)cc1C(=O)O. The zero-order chi connectivity index (χ0) is 9.84. The quantitative estimate of drug-likeness (QED) is 0.637. The minimum absolute atomic E-state index is 0.0299. The van der Waals surface area contributed by atoms with E-state index in [4.69, 9.17) is 5.11 Å². The van der Waals surface area contributed by atoms with Gasteiger partial charge in [-0.1, -0.05) is 15.9 Å². The summed E-state index contributed by atoms with van der Waals surface area (Å²) in [5.41, 5.74) is 0.0726. The van der Waals surface area contributed by atoms with Gasteiger partial charge >= 0.3 is 5.97 Å². The normalized spacial score (nSPS) is 9.00. The number of isocyanates is 1. The number of rotatable bonds is 2. The molecule has 0 aliphatic rings. The molecule has 0 aliphatic carbocycles. The fourth-order valence-electron chi connectivity index (χ4n) is 0.826. The molecule has 1 N–H and O–H groups in total. The van der Waals surface area contributed by atoms with Gasteiger partial charge < -0.3 is 5.11 Å². The molecule has 0 aromatic heterocycles. The molecule has 0 bridgehead atoms. The minimum Gasteiger partial charge on any atom is -0.478 e. The monoisotopic (exact) mass is 241 g/mol. The van der Waals surface area contributed by atoms with Crippen molar-refractivity contribution in [1.82, 2.24) is 0 Å². The van der Waals surface area contributed by atoms with Crippen LogP contribution in [0.1, 0.15) is 10.4 Å². The number of carboxylic acids is 1.